The van der Waals surface area contributed by atoms with E-state index in [-0.39, 0.29) is 11.2 Å². The van der Waals surface area contributed by atoms with E-state index in [0.29, 0.717) is 27.4 Å². The minimum absolute atomic E-state index is 0.0389. The Bertz CT molecular complexity index is 1370. The summed E-state index contributed by atoms with van der Waals surface area (Å²) in [5, 5.41) is 9.79. The maximum Gasteiger partial charge on any atom is 0.297 e. The summed E-state index contributed by atoms with van der Waals surface area (Å²) in [5.41, 5.74) is 2.14. The molecule has 0 aliphatic carbocycles. The Morgan fingerprint density at radius 3 is 2.67 bits per heavy atom. The monoisotopic (exact) mass is 419 g/mol. The Hall–Kier alpha value is -3.52. The van der Waals surface area contributed by atoms with Crippen molar-refractivity contribution in [2.75, 3.05) is 12.0 Å². The molecular weight excluding hydrogens is 402 g/mol. The number of nitrogens with zero attached hydrogens (tertiary/aromatic N) is 3. The van der Waals surface area contributed by atoms with Crippen LogP contribution in [-0.2, 0) is 0 Å². The van der Waals surface area contributed by atoms with Gasteiger partial charge in [-0.1, -0.05) is 35.1 Å². The molecule has 7 nitrogen and oxygen atoms in total. The number of methoxy groups -OCH3 is 1. The number of hydrogen-bond acceptors (Lipinski definition) is 7. The third kappa shape index (κ3) is 2.72. The molecule has 0 N–H and O–H groups in total. The minimum atomic E-state index is -0.684. The first kappa shape index (κ1) is 18.5. The molecule has 1 aliphatic heterocycles. The van der Waals surface area contributed by atoms with Crippen molar-refractivity contribution < 1.29 is 13.9 Å². The van der Waals surface area contributed by atoms with Crippen molar-refractivity contribution in [2.45, 2.75) is 19.9 Å². The number of amides is 1. The van der Waals surface area contributed by atoms with Gasteiger partial charge in [0.25, 0.3) is 5.91 Å². The highest BCUT2D eigenvalue weighted by Crippen LogP contribution is 2.42. The maximum atomic E-state index is 13.5. The third-order valence-corrected chi connectivity index (χ3v) is 5.99. The largest absolute Gasteiger partial charge is 0.497 e. The van der Waals surface area contributed by atoms with Crippen molar-refractivity contribution in [2.24, 2.45) is 0 Å². The number of ether oxygens (including phenoxy) is 1. The van der Waals surface area contributed by atoms with Crippen molar-refractivity contribution in [1.29, 1.82) is 0 Å². The molecule has 2 aromatic carbocycles. The van der Waals surface area contributed by atoms with Crippen LogP contribution in [0.1, 0.15) is 38.3 Å². The minimum Gasteiger partial charge on any atom is -0.497 e. The van der Waals surface area contributed by atoms with Gasteiger partial charge >= 0.3 is 0 Å². The van der Waals surface area contributed by atoms with Gasteiger partial charge in [-0.3, -0.25) is 14.5 Å². The van der Waals surface area contributed by atoms with Crippen LogP contribution in [0, 0.1) is 13.8 Å². The predicted octanol–water partition coefficient (Wildman–Crippen LogP) is 4.02. The van der Waals surface area contributed by atoms with Gasteiger partial charge in [-0.2, -0.15) is 0 Å². The Morgan fingerprint density at radius 1 is 1.10 bits per heavy atom. The van der Waals surface area contributed by atoms with Crippen LogP contribution in [0.3, 0.4) is 0 Å². The van der Waals surface area contributed by atoms with Crippen LogP contribution in [-0.4, -0.2) is 23.2 Å². The molecule has 0 radical (unpaired) electrons. The number of benzene rings is 2. The fraction of sp³-hybridized carbons (Fsp3) is 0.182. The van der Waals surface area contributed by atoms with Gasteiger partial charge in [-0.05, 0) is 43.7 Å². The van der Waals surface area contributed by atoms with Crippen molar-refractivity contribution in [3.8, 4) is 5.75 Å². The molecule has 2 aromatic heterocycles. The molecule has 3 heterocycles. The molecule has 0 saturated carbocycles. The lowest BCUT2D eigenvalue weighted by atomic mass is 9.98. The van der Waals surface area contributed by atoms with Crippen LogP contribution >= 0.6 is 11.3 Å². The zero-order valence-corrected chi connectivity index (χ0v) is 17.3. The summed E-state index contributed by atoms with van der Waals surface area (Å²) in [7, 11) is 1.57. The molecule has 0 fully saturated rings. The number of fused-ring (bicyclic) bond motifs is 2. The summed E-state index contributed by atoms with van der Waals surface area (Å²) in [5.74, 6) is 0.258. The number of rotatable bonds is 3. The molecule has 1 atom stereocenters. The second kappa shape index (κ2) is 6.77. The van der Waals surface area contributed by atoms with Gasteiger partial charge in [-0.25, -0.2) is 0 Å². The first-order valence-corrected chi connectivity index (χ1v) is 10.1. The van der Waals surface area contributed by atoms with E-state index in [1.807, 2.05) is 44.2 Å². The lowest BCUT2D eigenvalue weighted by Crippen LogP contribution is -2.29. The zero-order valence-electron chi connectivity index (χ0n) is 16.5. The van der Waals surface area contributed by atoms with Crippen LogP contribution in [0.5, 0.6) is 5.75 Å². The predicted molar refractivity (Wildman–Crippen MR) is 114 cm³/mol. The van der Waals surface area contributed by atoms with E-state index in [9.17, 15) is 9.59 Å². The molecule has 30 heavy (non-hydrogen) atoms. The van der Waals surface area contributed by atoms with Gasteiger partial charge in [0.05, 0.1) is 24.1 Å². The number of hydrogen-bond donors (Lipinski definition) is 0. The number of anilines is 1. The Labute approximate surface area is 175 Å². The fourth-order valence-electron chi connectivity index (χ4n) is 3.79. The van der Waals surface area contributed by atoms with E-state index in [2.05, 4.69) is 10.2 Å². The normalized spacial score (nSPS) is 15.6. The summed E-state index contributed by atoms with van der Waals surface area (Å²) < 4.78 is 11.3. The zero-order chi connectivity index (χ0) is 21.0. The molecule has 150 valence electrons. The molecule has 1 aliphatic rings. The van der Waals surface area contributed by atoms with Gasteiger partial charge in [-0.15, -0.1) is 10.2 Å². The van der Waals surface area contributed by atoms with E-state index >= 15 is 0 Å². The van der Waals surface area contributed by atoms with E-state index in [0.717, 1.165) is 16.1 Å². The van der Waals surface area contributed by atoms with Crippen molar-refractivity contribution in [3.63, 3.8) is 0 Å². The summed E-state index contributed by atoms with van der Waals surface area (Å²) in [6.45, 7) is 3.73. The van der Waals surface area contributed by atoms with Crippen molar-refractivity contribution in [3.05, 3.63) is 80.1 Å². The summed E-state index contributed by atoms with van der Waals surface area (Å²) >= 11 is 1.29. The molecule has 0 spiro atoms. The van der Waals surface area contributed by atoms with E-state index in [1.54, 1.807) is 19.2 Å². The quantitative estimate of drug-likeness (QED) is 0.499. The van der Waals surface area contributed by atoms with Gasteiger partial charge in [0.1, 0.15) is 16.3 Å². The smallest absolute Gasteiger partial charge is 0.297 e. The SMILES string of the molecule is COc1cccc([C@@H]2c3c(oc4ccc(C)cc4c3=O)C(=O)N2c2nnc(C)s2)c1. The molecule has 0 saturated heterocycles. The molecular formula is C22H17N3O4S. The summed E-state index contributed by atoms with van der Waals surface area (Å²) in [4.78, 5) is 28.4. The van der Waals surface area contributed by atoms with Crippen LogP contribution in [0.25, 0.3) is 11.0 Å². The van der Waals surface area contributed by atoms with Gasteiger partial charge in [0.15, 0.2) is 5.43 Å². The van der Waals surface area contributed by atoms with Gasteiger partial charge in [0.2, 0.25) is 10.9 Å². The molecule has 0 bridgehead atoms. The average Bonchev–Trinajstić information content (AvgIpc) is 3.30. The summed E-state index contributed by atoms with van der Waals surface area (Å²) in [6, 6.07) is 12.0. The molecule has 5 rings (SSSR count). The van der Waals surface area contributed by atoms with Crippen LogP contribution in [0.4, 0.5) is 5.13 Å². The topological polar surface area (TPSA) is 85.5 Å². The second-order valence-corrected chi connectivity index (χ2v) is 8.29. The maximum absolute atomic E-state index is 13.5. The number of carbonyl (C=O) groups is 1. The highest BCUT2D eigenvalue weighted by atomic mass is 32.1. The van der Waals surface area contributed by atoms with E-state index in [1.165, 1.54) is 16.2 Å². The van der Waals surface area contributed by atoms with Gasteiger partial charge in [0, 0.05) is 0 Å². The number of aryl methyl sites for hydroxylation is 2. The second-order valence-electron chi connectivity index (χ2n) is 7.13. The van der Waals surface area contributed by atoms with Gasteiger partial charge < -0.3 is 9.15 Å². The summed E-state index contributed by atoms with van der Waals surface area (Å²) in [6.07, 6.45) is 0. The average molecular weight is 419 g/mol. The lowest BCUT2D eigenvalue weighted by molar-refractivity contribution is 0.0970. The van der Waals surface area contributed by atoms with Crippen molar-refractivity contribution >= 4 is 33.3 Å². The van der Waals surface area contributed by atoms with E-state index in [4.69, 9.17) is 9.15 Å². The molecule has 8 heteroatoms. The standard InChI is InChI=1S/C22H17N3O4S/c1-11-7-8-16-15(9-11)19(26)17-18(13-5-4-6-14(10-13)28-3)25(21(27)20(17)29-16)22-24-23-12(2)30-22/h4-10,18H,1-3H3/t18-/m1/s1. The van der Waals surface area contributed by atoms with E-state index < -0.39 is 11.9 Å². The molecule has 4 aromatic rings. The molecule has 0 unspecified atom stereocenters. The highest BCUT2D eigenvalue weighted by molar-refractivity contribution is 7.15. The Morgan fingerprint density at radius 2 is 1.93 bits per heavy atom. The number of aromatic nitrogens is 2. The number of carbonyl (C=O) groups excluding carboxylic acids is 1. The first-order valence-electron chi connectivity index (χ1n) is 9.33. The first-order chi connectivity index (χ1) is 14.5. The van der Waals surface area contributed by atoms with Crippen LogP contribution in [0.15, 0.2) is 51.7 Å². The van der Waals surface area contributed by atoms with Crippen LogP contribution < -0.4 is 15.1 Å². The lowest BCUT2D eigenvalue weighted by Gasteiger charge is -2.22. The van der Waals surface area contributed by atoms with Crippen molar-refractivity contribution in [1.82, 2.24) is 10.2 Å². The Kier molecular flexibility index (Phi) is 4.18. The third-order valence-electron chi connectivity index (χ3n) is 5.16. The van der Waals surface area contributed by atoms with Crippen LogP contribution in [0.2, 0.25) is 0 Å². The highest BCUT2D eigenvalue weighted by Gasteiger charge is 2.45. The fourth-order valence-corrected chi connectivity index (χ4v) is 4.51. The molecule has 1 amide bonds. The Balaban J connectivity index is 1.83.